The molecule has 2 aromatic rings. The zero-order chi connectivity index (χ0) is 16.7. The van der Waals surface area contributed by atoms with E-state index in [-0.39, 0.29) is 18.7 Å². The molecule has 0 unspecified atom stereocenters. The summed E-state index contributed by atoms with van der Waals surface area (Å²) in [5.74, 6) is -0.165. The van der Waals surface area contributed by atoms with E-state index in [4.69, 9.17) is 9.84 Å². The third kappa shape index (κ3) is 5.47. The van der Waals surface area contributed by atoms with E-state index in [0.717, 1.165) is 16.9 Å². The van der Waals surface area contributed by atoms with Gasteiger partial charge in [0.25, 0.3) is 0 Å². The Morgan fingerprint density at radius 3 is 2.17 bits per heavy atom. The average molecular weight is 313 g/mol. The number of ether oxygens (including phenoxy) is 1. The monoisotopic (exact) mass is 313 g/mol. The molecule has 0 aromatic heterocycles. The zero-order valence-electron chi connectivity index (χ0n) is 12.9. The van der Waals surface area contributed by atoms with Crippen LogP contribution >= 0.6 is 0 Å². The number of rotatable bonds is 7. The SMILES string of the molecule is COc1ccc(CC(=O)Nc2ccc(CCC(=O)O)cc2)cc1. The van der Waals surface area contributed by atoms with E-state index in [1.807, 2.05) is 36.4 Å². The van der Waals surface area contributed by atoms with Gasteiger partial charge in [0, 0.05) is 12.1 Å². The summed E-state index contributed by atoms with van der Waals surface area (Å²) in [6.45, 7) is 0. The Kier molecular flexibility index (Phi) is 5.74. The van der Waals surface area contributed by atoms with E-state index >= 15 is 0 Å². The number of amides is 1. The van der Waals surface area contributed by atoms with Gasteiger partial charge in [-0.2, -0.15) is 0 Å². The summed E-state index contributed by atoms with van der Waals surface area (Å²) in [5.41, 5.74) is 2.53. The molecule has 2 aromatic carbocycles. The molecule has 2 N–H and O–H groups in total. The Hall–Kier alpha value is -2.82. The topological polar surface area (TPSA) is 75.6 Å². The smallest absolute Gasteiger partial charge is 0.303 e. The molecule has 0 aliphatic carbocycles. The molecular weight excluding hydrogens is 294 g/mol. The summed E-state index contributed by atoms with van der Waals surface area (Å²) in [6, 6.07) is 14.6. The fourth-order valence-corrected chi connectivity index (χ4v) is 2.14. The number of anilines is 1. The number of benzene rings is 2. The van der Waals surface area contributed by atoms with E-state index in [9.17, 15) is 9.59 Å². The van der Waals surface area contributed by atoms with Crippen LogP contribution in [0.1, 0.15) is 17.5 Å². The van der Waals surface area contributed by atoms with Crippen LogP contribution in [0.4, 0.5) is 5.69 Å². The first-order chi connectivity index (χ1) is 11.1. The number of carbonyl (C=O) groups is 2. The summed E-state index contributed by atoms with van der Waals surface area (Å²) >= 11 is 0. The van der Waals surface area contributed by atoms with Crippen LogP contribution in [0.25, 0.3) is 0 Å². The first kappa shape index (κ1) is 16.5. The molecule has 1 amide bonds. The molecule has 2 rings (SSSR count). The van der Waals surface area contributed by atoms with E-state index in [0.29, 0.717) is 12.1 Å². The van der Waals surface area contributed by atoms with Crippen molar-refractivity contribution >= 4 is 17.6 Å². The van der Waals surface area contributed by atoms with Gasteiger partial charge in [0.05, 0.1) is 13.5 Å². The highest BCUT2D eigenvalue weighted by molar-refractivity contribution is 5.92. The molecule has 5 heteroatoms. The molecule has 0 heterocycles. The van der Waals surface area contributed by atoms with E-state index in [1.54, 1.807) is 19.2 Å². The number of carboxylic acid groups (broad SMARTS) is 1. The maximum Gasteiger partial charge on any atom is 0.303 e. The number of nitrogens with one attached hydrogen (secondary N) is 1. The lowest BCUT2D eigenvalue weighted by molar-refractivity contribution is -0.137. The molecule has 0 saturated heterocycles. The van der Waals surface area contributed by atoms with Crippen LogP contribution < -0.4 is 10.1 Å². The molecule has 0 radical (unpaired) electrons. The maximum atomic E-state index is 12.0. The number of hydrogen-bond donors (Lipinski definition) is 2. The minimum Gasteiger partial charge on any atom is -0.497 e. The lowest BCUT2D eigenvalue weighted by Gasteiger charge is -2.07. The second-order valence-corrected chi connectivity index (χ2v) is 5.16. The van der Waals surface area contributed by atoms with Crippen LogP contribution in [0.5, 0.6) is 5.75 Å². The quantitative estimate of drug-likeness (QED) is 0.824. The molecule has 23 heavy (non-hydrogen) atoms. The fourth-order valence-electron chi connectivity index (χ4n) is 2.14. The summed E-state index contributed by atoms with van der Waals surface area (Å²) in [5, 5.41) is 11.5. The Balaban J connectivity index is 1.87. The second-order valence-electron chi connectivity index (χ2n) is 5.16. The lowest BCUT2D eigenvalue weighted by atomic mass is 10.1. The van der Waals surface area contributed by atoms with Crippen molar-refractivity contribution in [2.75, 3.05) is 12.4 Å². The maximum absolute atomic E-state index is 12.0. The first-order valence-electron chi connectivity index (χ1n) is 7.30. The van der Waals surface area contributed by atoms with Crippen molar-refractivity contribution < 1.29 is 19.4 Å². The van der Waals surface area contributed by atoms with Crippen LogP contribution in [0, 0.1) is 0 Å². The standard InChI is InChI=1S/C18H19NO4/c1-23-16-9-4-14(5-10-16)12-17(20)19-15-7-2-13(3-8-15)6-11-18(21)22/h2-5,7-10H,6,11-12H2,1H3,(H,19,20)(H,21,22). The van der Waals surface area contributed by atoms with Crippen molar-refractivity contribution in [3.63, 3.8) is 0 Å². The van der Waals surface area contributed by atoms with Crippen molar-refractivity contribution in [3.8, 4) is 5.75 Å². The highest BCUT2D eigenvalue weighted by Crippen LogP contribution is 2.14. The van der Waals surface area contributed by atoms with Crippen LogP contribution in [0.15, 0.2) is 48.5 Å². The molecule has 0 aliphatic rings. The van der Waals surface area contributed by atoms with Gasteiger partial charge in [-0.25, -0.2) is 0 Å². The molecule has 0 saturated carbocycles. The van der Waals surface area contributed by atoms with Gasteiger partial charge in [-0.15, -0.1) is 0 Å². The predicted octanol–water partition coefficient (Wildman–Crippen LogP) is 2.89. The summed E-state index contributed by atoms with van der Waals surface area (Å²) < 4.78 is 5.08. The Morgan fingerprint density at radius 2 is 1.61 bits per heavy atom. The van der Waals surface area contributed by atoms with Gasteiger partial charge in [0.2, 0.25) is 5.91 Å². The third-order valence-corrected chi connectivity index (χ3v) is 3.39. The minimum atomic E-state index is -0.818. The van der Waals surface area contributed by atoms with Gasteiger partial charge >= 0.3 is 5.97 Å². The van der Waals surface area contributed by atoms with Crippen LogP contribution in [0.2, 0.25) is 0 Å². The van der Waals surface area contributed by atoms with Gasteiger partial charge in [0.15, 0.2) is 0 Å². The number of carboxylic acids is 1. The third-order valence-electron chi connectivity index (χ3n) is 3.39. The second kappa shape index (κ2) is 7.98. The largest absolute Gasteiger partial charge is 0.497 e. The molecule has 0 bridgehead atoms. The average Bonchev–Trinajstić information content (AvgIpc) is 2.55. The Bertz CT molecular complexity index is 662. The van der Waals surface area contributed by atoms with Gasteiger partial charge in [0.1, 0.15) is 5.75 Å². The van der Waals surface area contributed by atoms with Crippen molar-refractivity contribution in [2.45, 2.75) is 19.3 Å². The fraction of sp³-hybridized carbons (Fsp3) is 0.222. The summed E-state index contributed by atoms with van der Waals surface area (Å²) in [7, 11) is 1.60. The molecule has 120 valence electrons. The minimum absolute atomic E-state index is 0.100. The Labute approximate surface area is 134 Å². The molecule has 0 aliphatic heterocycles. The van der Waals surface area contributed by atoms with Gasteiger partial charge in [-0.3, -0.25) is 9.59 Å². The first-order valence-corrected chi connectivity index (χ1v) is 7.30. The van der Waals surface area contributed by atoms with Gasteiger partial charge in [-0.05, 0) is 41.8 Å². The number of aryl methyl sites for hydroxylation is 1. The molecule has 5 nitrogen and oxygen atoms in total. The molecular formula is C18H19NO4. The summed E-state index contributed by atoms with van der Waals surface area (Å²) in [4.78, 5) is 22.6. The van der Waals surface area contributed by atoms with E-state index < -0.39 is 5.97 Å². The highest BCUT2D eigenvalue weighted by Gasteiger charge is 2.05. The van der Waals surface area contributed by atoms with Crippen molar-refractivity contribution in [3.05, 3.63) is 59.7 Å². The van der Waals surface area contributed by atoms with Crippen LogP contribution in [0.3, 0.4) is 0 Å². The van der Waals surface area contributed by atoms with Crippen LogP contribution in [-0.2, 0) is 22.4 Å². The van der Waals surface area contributed by atoms with E-state index in [2.05, 4.69) is 5.32 Å². The van der Waals surface area contributed by atoms with Crippen LogP contribution in [-0.4, -0.2) is 24.1 Å². The molecule has 0 fully saturated rings. The van der Waals surface area contributed by atoms with Gasteiger partial charge < -0.3 is 15.2 Å². The summed E-state index contributed by atoms with van der Waals surface area (Å²) in [6.07, 6.45) is 0.864. The predicted molar refractivity (Wildman–Crippen MR) is 87.7 cm³/mol. The van der Waals surface area contributed by atoms with Crippen molar-refractivity contribution in [1.82, 2.24) is 0 Å². The van der Waals surface area contributed by atoms with Gasteiger partial charge in [-0.1, -0.05) is 24.3 Å². The number of carbonyl (C=O) groups excluding carboxylic acids is 1. The number of aliphatic carboxylic acids is 1. The van der Waals surface area contributed by atoms with E-state index in [1.165, 1.54) is 0 Å². The van der Waals surface area contributed by atoms with Crippen molar-refractivity contribution in [2.24, 2.45) is 0 Å². The van der Waals surface area contributed by atoms with Crippen molar-refractivity contribution in [1.29, 1.82) is 0 Å². The lowest BCUT2D eigenvalue weighted by Crippen LogP contribution is -2.14. The Morgan fingerprint density at radius 1 is 1.00 bits per heavy atom. The molecule has 0 spiro atoms. The molecule has 0 atom stereocenters. The highest BCUT2D eigenvalue weighted by atomic mass is 16.5. The normalized spacial score (nSPS) is 10.1. The number of hydrogen-bond acceptors (Lipinski definition) is 3. The number of methoxy groups -OCH3 is 1. The zero-order valence-corrected chi connectivity index (χ0v) is 12.9.